The van der Waals surface area contributed by atoms with Gasteiger partial charge in [-0.3, -0.25) is 15.0 Å². The van der Waals surface area contributed by atoms with Crippen LogP contribution in [0.15, 0.2) is 0 Å². The summed E-state index contributed by atoms with van der Waals surface area (Å²) in [5.74, 6) is 0.430. The Bertz CT molecular complexity index is 498. The normalized spacial score (nSPS) is 32.6. The molecular formula is C18H33N5O2. The fourth-order valence-corrected chi connectivity index (χ4v) is 4.70. The van der Waals surface area contributed by atoms with Crippen molar-refractivity contribution in [1.82, 2.24) is 25.6 Å². The molecule has 4 atom stereocenters. The lowest BCUT2D eigenvalue weighted by atomic mass is 9.78. The quantitative estimate of drug-likeness (QED) is 0.661. The van der Waals surface area contributed by atoms with Crippen LogP contribution < -0.4 is 10.7 Å². The first-order valence-electron chi connectivity index (χ1n) is 9.77. The molecule has 2 heterocycles. The predicted molar refractivity (Wildman–Crippen MR) is 96.7 cm³/mol. The zero-order valence-corrected chi connectivity index (χ0v) is 15.8. The minimum Gasteiger partial charge on any atom is -0.356 e. The molecule has 2 aliphatic heterocycles. The molecule has 3 rings (SSSR count). The van der Waals surface area contributed by atoms with Crippen molar-refractivity contribution in [3.05, 3.63) is 0 Å². The van der Waals surface area contributed by atoms with E-state index in [2.05, 4.69) is 27.6 Å². The van der Waals surface area contributed by atoms with E-state index in [9.17, 15) is 9.59 Å². The number of likely N-dealkylation sites (N-methyl/N-ethyl adjacent to an activating group) is 1. The highest BCUT2D eigenvalue weighted by Crippen LogP contribution is 2.37. The van der Waals surface area contributed by atoms with Crippen molar-refractivity contribution in [2.75, 3.05) is 40.3 Å². The second kappa shape index (κ2) is 8.01. The molecule has 3 fully saturated rings. The summed E-state index contributed by atoms with van der Waals surface area (Å²) in [6, 6.07) is 0.506. The van der Waals surface area contributed by atoms with Crippen LogP contribution in [0, 0.1) is 5.92 Å². The molecular weight excluding hydrogens is 318 g/mol. The highest BCUT2D eigenvalue weighted by molar-refractivity contribution is 5.84. The van der Waals surface area contributed by atoms with Gasteiger partial charge in [0, 0.05) is 37.6 Å². The first-order valence-corrected chi connectivity index (χ1v) is 9.77. The van der Waals surface area contributed by atoms with E-state index in [1.807, 2.05) is 19.0 Å². The second-order valence-electron chi connectivity index (χ2n) is 7.84. The Hall–Kier alpha value is -1.18. The number of carbonyl (C=O) groups excluding carboxylic acids is 2. The van der Waals surface area contributed by atoms with Gasteiger partial charge in [0.2, 0.25) is 11.8 Å². The molecule has 0 aromatic rings. The first-order chi connectivity index (χ1) is 12.0. The van der Waals surface area contributed by atoms with E-state index in [4.69, 9.17) is 0 Å². The molecule has 0 aromatic heterocycles. The van der Waals surface area contributed by atoms with Crippen LogP contribution in [-0.2, 0) is 9.59 Å². The van der Waals surface area contributed by atoms with Crippen LogP contribution in [-0.4, -0.2) is 85.0 Å². The van der Waals surface area contributed by atoms with Crippen LogP contribution in [0.3, 0.4) is 0 Å². The summed E-state index contributed by atoms with van der Waals surface area (Å²) >= 11 is 0. The molecule has 0 spiro atoms. The monoisotopic (exact) mass is 351 g/mol. The lowest BCUT2D eigenvalue weighted by molar-refractivity contribution is -0.155. The average Bonchev–Trinajstić information content (AvgIpc) is 3.08. The fraction of sp³-hybridized carbons (Fsp3) is 0.889. The smallest absolute Gasteiger partial charge is 0.241 e. The van der Waals surface area contributed by atoms with Crippen LogP contribution in [0.25, 0.3) is 0 Å². The van der Waals surface area contributed by atoms with E-state index in [1.54, 1.807) is 0 Å². The lowest BCUT2D eigenvalue weighted by Gasteiger charge is -2.51. The van der Waals surface area contributed by atoms with Crippen LogP contribution in [0.2, 0.25) is 0 Å². The summed E-state index contributed by atoms with van der Waals surface area (Å²) in [7, 11) is 4.09. The van der Waals surface area contributed by atoms with Crippen molar-refractivity contribution < 1.29 is 9.59 Å². The lowest BCUT2D eigenvalue weighted by Crippen LogP contribution is -2.68. The molecule has 0 aromatic carbocycles. The molecule has 142 valence electrons. The molecule has 3 aliphatic rings. The van der Waals surface area contributed by atoms with Gasteiger partial charge in [-0.15, -0.1) is 0 Å². The maximum atomic E-state index is 12.8. The summed E-state index contributed by atoms with van der Waals surface area (Å²) in [6.45, 7) is 5.38. The summed E-state index contributed by atoms with van der Waals surface area (Å²) in [4.78, 5) is 29.5. The summed E-state index contributed by atoms with van der Waals surface area (Å²) in [6.07, 6.45) is 4.55. The van der Waals surface area contributed by atoms with E-state index >= 15 is 0 Å². The molecule has 1 saturated carbocycles. The van der Waals surface area contributed by atoms with Gasteiger partial charge in [-0.1, -0.05) is 0 Å². The molecule has 2 saturated heterocycles. The Balaban J connectivity index is 1.59. The van der Waals surface area contributed by atoms with Crippen LogP contribution in [0.4, 0.5) is 0 Å². The Morgan fingerprint density at radius 3 is 2.80 bits per heavy atom. The average molecular weight is 351 g/mol. The van der Waals surface area contributed by atoms with Gasteiger partial charge in [0.05, 0.1) is 0 Å². The maximum absolute atomic E-state index is 12.8. The molecule has 0 radical (unpaired) electrons. The third-order valence-corrected chi connectivity index (χ3v) is 5.95. The van der Waals surface area contributed by atoms with Crippen LogP contribution in [0.5, 0.6) is 0 Å². The van der Waals surface area contributed by atoms with Gasteiger partial charge in [-0.25, -0.2) is 5.01 Å². The van der Waals surface area contributed by atoms with E-state index < -0.39 is 0 Å². The Kier molecular flexibility index (Phi) is 5.96. The number of fused-ring (bicyclic) bond motifs is 3. The van der Waals surface area contributed by atoms with Gasteiger partial charge in [-0.05, 0) is 59.7 Å². The number of carbonyl (C=O) groups is 2. The summed E-state index contributed by atoms with van der Waals surface area (Å²) in [5, 5.41) is 5.29. The zero-order valence-electron chi connectivity index (χ0n) is 15.8. The Labute approximate surface area is 151 Å². The molecule has 7 nitrogen and oxygen atoms in total. The van der Waals surface area contributed by atoms with Crippen molar-refractivity contribution in [3.8, 4) is 0 Å². The first kappa shape index (κ1) is 18.6. The van der Waals surface area contributed by atoms with E-state index in [0.717, 1.165) is 58.3 Å². The second-order valence-corrected chi connectivity index (χ2v) is 7.84. The SMILES string of the molecule is CCN1C(=O)C2CCNN2C2CCC(C(=O)NCCCN(C)C)CC21. The molecule has 7 heteroatoms. The van der Waals surface area contributed by atoms with Gasteiger partial charge < -0.3 is 15.1 Å². The molecule has 0 bridgehead atoms. The van der Waals surface area contributed by atoms with Gasteiger partial charge >= 0.3 is 0 Å². The number of piperazine rings is 1. The van der Waals surface area contributed by atoms with Gasteiger partial charge in [-0.2, -0.15) is 0 Å². The van der Waals surface area contributed by atoms with Crippen molar-refractivity contribution in [2.24, 2.45) is 5.92 Å². The molecule has 2 N–H and O–H groups in total. The van der Waals surface area contributed by atoms with Gasteiger partial charge in [0.15, 0.2) is 0 Å². The molecule has 25 heavy (non-hydrogen) atoms. The largest absolute Gasteiger partial charge is 0.356 e. The number of rotatable bonds is 6. The number of nitrogens with one attached hydrogen (secondary N) is 2. The van der Waals surface area contributed by atoms with Crippen molar-refractivity contribution in [2.45, 2.75) is 57.2 Å². The summed E-state index contributed by atoms with van der Waals surface area (Å²) in [5.41, 5.74) is 3.41. The minimum atomic E-state index is -0.00221. The van der Waals surface area contributed by atoms with Gasteiger partial charge in [0.25, 0.3) is 0 Å². The van der Waals surface area contributed by atoms with Crippen LogP contribution in [0.1, 0.15) is 39.0 Å². The van der Waals surface area contributed by atoms with Crippen molar-refractivity contribution in [3.63, 3.8) is 0 Å². The summed E-state index contributed by atoms with van der Waals surface area (Å²) < 4.78 is 0. The van der Waals surface area contributed by atoms with E-state index in [0.29, 0.717) is 6.04 Å². The number of hydrogen-bond donors (Lipinski definition) is 2. The van der Waals surface area contributed by atoms with Crippen LogP contribution >= 0.6 is 0 Å². The number of hydrazine groups is 1. The minimum absolute atomic E-state index is 0.00221. The number of hydrogen-bond acceptors (Lipinski definition) is 5. The number of amides is 2. The Morgan fingerprint density at radius 1 is 1.28 bits per heavy atom. The highest BCUT2D eigenvalue weighted by atomic mass is 16.2. The zero-order chi connectivity index (χ0) is 18.0. The Morgan fingerprint density at radius 2 is 2.08 bits per heavy atom. The van der Waals surface area contributed by atoms with Crippen molar-refractivity contribution in [1.29, 1.82) is 0 Å². The van der Waals surface area contributed by atoms with Crippen molar-refractivity contribution >= 4 is 11.8 Å². The topological polar surface area (TPSA) is 67.9 Å². The van der Waals surface area contributed by atoms with Gasteiger partial charge in [0.1, 0.15) is 6.04 Å². The number of nitrogens with zero attached hydrogens (tertiary/aromatic N) is 3. The predicted octanol–water partition coefficient (Wildman–Crippen LogP) is 0.0326. The highest BCUT2D eigenvalue weighted by Gasteiger charge is 2.50. The molecule has 4 unspecified atom stereocenters. The third-order valence-electron chi connectivity index (χ3n) is 5.95. The third kappa shape index (κ3) is 3.83. The molecule has 2 amide bonds. The standard InChI is InChI=1S/C18H33N5O2/c1-4-22-16-12-13(17(24)19-9-5-11-21(2)3)6-7-14(16)23-15(18(22)25)8-10-20-23/h13-16,20H,4-12H2,1-3H3,(H,19,24). The van der Waals surface area contributed by atoms with E-state index in [-0.39, 0.29) is 29.8 Å². The maximum Gasteiger partial charge on any atom is 0.241 e. The molecule has 1 aliphatic carbocycles. The fourth-order valence-electron chi connectivity index (χ4n) is 4.70. The van der Waals surface area contributed by atoms with E-state index in [1.165, 1.54) is 0 Å².